The SMILES string of the molecule is Cn1cccc1C(=O)N1CCCCC1CCOC(=O)CCCc1ccc(Cl)cc1. The molecule has 0 aliphatic carbocycles. The molecule has 156 valence electrons. The highest BCUT2D eigenvalue weighted by atomic mass is 35.5. The van der Waals surface area contributed by atoms with Gasteiger partial charge in [-0.3, -0.25) is 9.59 Å². The van der Waals surface area contributed by atoms with Crippen LogP contribution in [0.25, 0.3) is 0 Å². The van der Waals surface area contributed by atoms with Gasteiger partial charge in [-0.2, -0.15) is 0 Å². The topological polar surface area (TPSA) is 51.5 Å². The molecule has 1 saturated heterocycles. The van der Waals surface area contributed by atoms with Crippen LogP contribution in [0.4, 0.5) is 0 Å². The molecule has 0 saturated carbocycles. The first-order valence-electron chi connectivity index (χ1n) is 10.4. The minimum Gasteiger partial charge on any atom is -0.466 e. The molecule has 6 heteroatoms. The zero-order valence-electron chi connectivity index (χ0n) is 17.0. The lowest BCUT2D eigenvalue weighted by Crippen LogP contribution is -2.44. The standard InChI is InChI=1S/C23H29ClN2O3/c1-25-15-5-8-21(25)23(28)26-16-3-2-7-20(26)14-17-29-22(27)9-4-6-18-10-12-19(24)13-11-18/h5,8,10-13,15,20H,2-4,6-7,9,14,16-17H2,1H3. The molecule has 1 amide bonds. The summed E-state index contributed by atoms with van der Waals surface area (Å²) in [6.45, 7) is 1.13. The van der Waals surface area contributed by atoms with E-state index in [-0.39, 0.29) is 17.9 Å². The van der Waals surface area contributed by atoms with Crippen molar-refractivity contribution in [1.82, 2.24) is 9.47 Å². The highest BCUT2D eigenvalue weighted by Gasteiger charge is 2.28. The van der Waals surface area contributed by atoms with Gasteiger partial charge in [-0.15, -0.1) is 0 Å². The number of piperidine rings is 1. The van der Waals surface area contributed by atoms with Gasteiger partial charge in [0.2, 0.25) is 0 Å². The molecule has 1 atom stereocenters. The third-order valence-electron chi connectivity index (χ3n) is 5.52. The Labute approximate surface area is 177 Å². The largest absolute Gasteiger partial charge is 0.466 e. The molecule has 2 heterocycles. The molecule has 29 heavy (non-hydrogen) atoms. The van der Waals surface area contributed by atoms with Crippen molar-refractivity contribution >= 4 is 23.5 Å². The zero-order chi connectivity index (χ0) is 20.6. The van der Waals surface area contributed by atoms with Crippen molar-refractivity contribution in [2.45, 2.75) is 51.0 Å². The third-order valence-corrected chi connectivity index (χ3v) is 5.78. The molecule has 0 spiro atoms. The molecule has 1 unspecified atom stereocenters. The third kappa shape index (κ3) is 6.10. The Morgan fingerprint density at radius 1 is 1.17 bits per heavy atom. The van der Waals surface area contributed by atoms with Gasteiger partial charge in [0.05, 0.1) is 6.61 Å². The molecule has 0 N–H and O–H groups in total. The Balaban J connectivity index is 1.41. The Hall–Kier alpha value is -2.27. The number of carbonyl (C=O) groups is 2. The fraction of sp³-hybridized carbons (Fsp3) is 0.478. The van der Waals surface area contributed by atoms with Crippen molar-refractivity contribution in [2.75, 3.05) is 13.2 Å². The minimum atomic E-state index is -0.171. The van der Waals surface area contributed by atoms with Crippen LogP contribution < -0.4 is 0 Å². The maximum atomic E-state index is 12.9. The van der Waals surface area contributed by atoms with Crippen LogP contribution in [0.1, 0.15) is 54.6 Å². The van der Waals surface area contributed by atoms with Gasteiger partial charge in [0.15, 0.2) is 0 Å². The molecular formula is C23H29ClN2O3. The average Bonchev–Trinajstić information content (AvgIpc) is 3.15. The van der Waals surface area contributed by atoms with Gasteiger partial charge in [-0.1, -0.05) is 23.7 Å². The van der Waals surface area contributed by atoms with E-state index >= 15 is 0 Å². The molecule has 3 rings (SSSR count). The van der Waals surface area contributed by atoms with E-state index in [1.165, 1.54) is 5.56 Å². The normalized spacial score (nSPS) is 16.6. The summed E-state index contributed by atoms with van der Waals surface area (Å²) >= 11 is 5.88. The molecule has 1 fully saturated rings. The van der Waals surface area contributed by atoms with Crippen LogP contribution in [-0.2, 0) is 23.0 Å². The van der Waals surface area contributed by atoms with E-state index in [0.717, 1.165) is 43.7 Å². The molecule has 1 aliphatic rings. The van der Waals surface area contributed by atoms with Crippen molar-refractivity contribution in [2.24, 2.45) is 7.05 Å². The lowest BCUT2D eigenvalue weighted by molar-refractivity contribution is -0.144. The number of aryl methyl sites for hydroxylation is 2. The highest BCUT2D eigenvalue weighted by Crippen LogP contribution is 2.22. The molecule has 1 aromatic heterocycles. The average molecular weight is 417 g/mol. The van der Waals surface area contributed by atoms with E-state index < -0.39 is 0 Å². The van der Waals surface area contributed by atoms with Crippen LogP contribution in [0.5, 0.6) is 0 Å². The number of ether oxygens (including phenoxy) is 1. The van der Waals surface area contributed by atoms with E-state index in [4.69, 9.17) is 16.3 Å². The van der Waals surface area contributed by atoms with Crippen molar-refractivity contribution in [3.63, 3.8) is 0 Å². The van der Waals surface area contributed by atoms with E-state index in [1.54, 1.807) is 0 Å². The Morgan fingerprint density at radius 3 is 2.69 bits per heavy atom. The number of aromatic nitrogens is 1. The number of amides is 1. The number of esters is 1. The summed E-state index contributed by atoms with van der Waals surface area (Å²) in [5.41, 5.74) is 1.87. The number of rotatable bonds is 8. The Morgan fingerprint density at radius 2 is 1.97 bits per heavy atom. The van der Waals surface area contributed by atoms with Crippen LogP contribution in [0.15, 0.2) is 42.6 Å². The molecule has 1 aliphatic heterocycles. The number of carbonyl (C=O) groups excluding carboxylic acids is 2. The first-order chi connectivity index (χ1) is 14.0. The van der Waals surface area contributed by atoms with Crippen LogP contribution in [-0.4, -0.2) is 40.5 Å². The lowest BCUT2D eigenvalue weighted by atomic mass is 9.99. The summed E-state index contributed by atoms with van der Waals surface area (Å²) in [7, 11) is 1.89. The van der Waals surface area contributed by atoms with Gasteiger partial charge in [0.25, 0.3) is 5.91 Å². The summed E-state index contributed by atoms with van der Waals surface area (Å²) in [6, 6.07) is 11.6. The van der Waals surface area contributed by atoms with Gasteiger partial charge in [0.1, 0.15) is 5.69 Å². The van der Waals surface area contributed by atoms with E-state index in [1.807, 2.05) is 59.1 Å². The second-order valence-electron chi connectivity index (χ2n) is 7.64. The number of hydrogen-bond acceptors (Lipinski definition) is 3. The van der Waals surface area contributed by atoms with Crippen LogP contribution in [0.2, 0.25) is 5.02 Å². The summed E-state index contributed by atoms with van der Waals surface area (Å²) in [5.74, 6) is -0.105. The predicted octanol–water partition coefficient (Wildman–Crippen LogP) is 4.63. The summed E-state index contributed by atoms with van der Waals surface area (Å²) in [6.07, 6.45) is 7.66. The predicted molar refractivity (Wildman–Crippen MR) is 114 cm³/mol. The second-order valence-corrected chi connectivity index (χ2v) is 8.08. The van der Waals surface area contributed by atoms with Crippen molar-refractivity contribution < 1.29 is 14.3 Å². The van der Waals surface area contributed by atoms with Crippen LogP contribution in [0, 0.1) is 0 Å². The summed E-state index contributed by atoms with van der Waals surface area (Å²) in [4.78, 5) is 26.9. The van der Waals surface area contributed by atoms with Gasteiger partial charge >= 0.3 is 5.97 Å². The maximum absolute atomic E-state index is 12.9. The van der Waals surface area contributed by atoms with Crippen molar-refractivity contribution in [1.29, 1.82) is 0 Å². The number of likely N-dealkylation sites (tertiary alicyclic amines) is 1. The van der Waals surface area contributed by atoms with Crippen molar-refractivity contribution in [3.05, 3.63) is 58.9 Å². The quantitative estimate of drug-likeness (QED) is 0.589. The number of benzene rings is 1. The summed E-state index contributed by atoms with van der Waals surface area (Å²) < 4.78 is 7.30. The van der Waals surface area contributed by atoms with Gasteiger partial charge < -0.3 is 14.2 Å². The highest BCUT2D eigenvalue weighted by molar-refractivity contribution is 6.30. The number of nitrogens with zero attached hydrogens (tertiary/aromatic N) is 2. The fourth-order valence-electron chi connectivity index (χ4n) is 3.87. The zero-order valence-corrected chi connectivity index (χ0v) is 17.7. The summed E-state index contributed by atoms with van der Waals surface area (Å²) in [5, 5.41) is 0.718. The van der Waals surface area contributed by atoms with Gasteiger partial charge in [-0.25, -0.2) is 0 Å². The number of halogens is 1. The van der Waals surface area contributed by atoms with E-state index in [0.29, 0.717) is 25.1 Å². The van der Waals surface area contributed by atoms with Crippen LogP contribution >= 0.6 is 11.6 Å². The number of hydrogen-bond donors (Lipinski definition) is 0. The fourth-order valence-corrected chi connectivity index (χ4v) is 3.99. The molecular weight excluding hydrogens is 388 g/mol. The molecule has 5 nitrogen and oxygen atoms in total. The first-order valence-corrected chi connectivity index (χ1v) is 10.7. The van der Waals surface area contributed by atoms with Gasteiger partial charge in [0, 0.05) is 43.7 Å². The molecule has 1 aromatic carbocycles. The van der Waals surface area contributed by atoms with E-state index in [9.17, 15) is 9.59 Å². The first kappa shape index (κ1) is 21.4. The van der Waals surface area contributed by atoms with E-state index in [2.05, 4.69) is 0 Å². The van der Waals surface area contributed by atoms with Crippen molar-refractivity contribution in [3.8, 4) is 0 Å². The monoisotopic (exact) mass is 416 g/mol. The maximum Gasteiger partial charge on any atom is 0.305 e. The van der Waals surface area contributed by atoms with Crippen LogP contribution in [0.3, 0.4) is 0 Å². The Kier molecular flexibility index (Phi) is 7.76. The molecule has 0 bridgehead atoms. The smallest absolute Gasteiger partial charge is 0.305 e. The molecule has 2 aromatic rings. The minimum absolute atomic E-state index is 0.0662. The van der Waals surface area contributed by atoms with Gasteiger partial charge in [-0.05, 0) is 61.9 Å². The lowest BCUT2D eigenvalue weighted by Gasteiger charge is -2.35. The second kappa shape index (κ2) is 10.5. The molecule has 0 radical (unpaired) electrons. The Bertz CT molecular complexity index is 816.